The van der Waals surface area contributed by atoms with E-state index in [2.05, 4.69) is 5.10 Å². The van der Waals surface area contributed by atoms with Gasteiger partial charge < -0.3 is 5.84 Å². The van der Waals surface area contributed by atoms with Gasteiger partial charge in [-0.25, -0.2) is 0 Å². The Balaban J connectivity index is 0. The van der Waals surface area contributed by atoms with Crippen LogP contribution in [-0.4, -0.2) is 6.21 Å². The summed E-state index contributed by atoms with van der Waals surface area (Å²) in [6.07, 6.45) is 3.55. The number of hydrogen-bond donors (Lipinski definition) is 1. The van der Waals surface area contributed by atoms with E-state index in [1.54, 1.807) is 6.21 Å². The van der Waals surface area contributed by atoms with Crippen molar-refractivity contribution >= 4 is 6.21 Å². The molecule has 0 spiro atoms. The van der Waals surface area contributed by atoms with Crippen molar-refractivity contribution in [2.24, 2.45) is 10.9 Å². The predicted molar refractivity (Wildman–Crippen MR) is 43.5 cm³/mol. The van der Waals surface area contributed by atoms with Crippen molar-refractivity contribution in [3.63, 3.8) is 0 Å². The van der Waals surface area contributed by atoms with Crippen LogP contribution in [0.1, 0.15) is 27.7 Å². The summed E-state index contributed by atoms with van der Waals surface area (Å²) in [4.78, 5) is 0. The van der Waals surface area contributed by atoms with Gasteiger partial charge in [0.15, 0.2) is 0 Å². The minimum absolute atomic E-state index is 1.09. The summed E-state index contributed by atoms with van der Waals surface area (Å²) in [7, 11) is 0. The van der Waals surface area contributed by atoms with Crippen molar-refractivity contribution in [3.8, 4) is 0 Å². The van der Waals surface area contributed by atoms with E-state index in [0.717, 1.165) is 5.57 Å². The van der Waals surface area contributed by atoms with Crippen LogP contribution in [0.2, 0.25) is 0 Å². The molecule has 0 aromatic heterocycles. The Morgan fingerprint density at radius 2 is 1.89 bits per heavy atom. The highest BCUT2D eigenvalue weighted by molar-refractivity contribution is 5.76. The molecule has 0 aromatic rings. The minimum atomic E-state index is 1.09. The van der Waals surface area contributed by atoms with Crippen molar-refractivity contribution in [2.75, 3.05) is 0 Å². The molecule has 0 radical (unpaired) electrons. The summed E-state index contributed by atoms with van der Waals surface area (Å²) >= 11 is 0. The molecule has 2 N–H and O–H groups in total. The number of nitrogens with zero attached hydrogens (tertiary/aromatic N) is 1. The Kier molecular flexibility index (Phi) is 12.6. The van der Waals surface area contributed by atoms with Crippen LogP contribution in [0.25, 0.3) is 0 Å². The summed E-state index contributed by atoms with van der Waals surface area (Å²) in [6.45, 7) is 7.88. The van der Waals surface area contributed by atoms with Crippen LogP contribution in [0.4, 0.5) is 0 Å². The zero-order chi connectivity index (χ0) is 7.70. The number of allylic oxidation sites excluding steroid dienone is 2. The predicted octanol–water partition coefficient (Wildman–Crippen LogP) is 1.92. The highest BCUT2D eigenvalue weighted by Gasteiger charge is 1.71. The van der Waals surface area contributed by atoms with Crippen molar-refractivity contribution in [1.29, 1.82) is 0 Å². The molecule has 0 aliphatic heterocycles. The second kappa shape index (κ2) is 10.2. The van der Waals surface area contributed by atoms with Gasteiger partial charge in [-0.1, -0.05) is 19.9 Å². The van der Waals surface area contributed by atoms with E-state index in [-0.39, 0.29) is 0 Å². The maximum atomic E-state index is 4.83. The summed E-state index contributed by atoms with van der Waals surface area (Å²) in [5.74, 6) is 4.83. The Bertz CT molecular complexity index is 93.1. The molecule has 2 heteroatoms. The SMILES string of the molecule is C/C=C(C)\C=N/N.CC. The van der Waals surface area contributed by atoms with E-state index in [9.17, 15) is 0 Å². The highest BCUT2D eigenvalue weighted by Crippen LogP contribution is 1.82. The van der Waals surface area contributed by atoms with E-state index in [1.807, 2.05) is 33.8 Å². The van der Waals surface area contributed by atoms with Crippen molar-refractivity contribution in [1.82, 2.24) is 0 Å². The first kappa shape index (κ1) is 11.1. The van der Waals surface area contributed by atoms with Crippen LogP contribution in [0.3, 0.4) is 0 Å². The third-order valence-corrected chi connectivity index (χ3v) is 0.734. The largest absolute Gasteiger partial charge is 0.323 e. The maximum absolute atomic E-state index is 4.83. The lowest BCUT2D eigenvalue weighted by Crippen LogP contribution is -1.82. The molecule has 0 aliphatic rings. The lowest BCUT2D eigenvalue weighted by Gasteiger charge is -1.80. The average Bonchev–Trinajstić information content (AvgIpc) is 1.93. The molecule has 9 heavy (non-hydrogen) atoms. The molecule has 0 rings (SSSR count). The van der Waals surface area contributed by atoms with Gasteiger partial charge >= 0.3 is 0 Å². The summed E-state index contributed by atoms with van der Waals surface area (Å²) in [6, 6.07) is 0. The molecule has 0 saturated carbocycles. The lowest BCUT2D eigenvalue weighted by atomic mass is 10.3. The smallest absolute Gasteiger partial charge is 0.0491 e. The van der Waals surface area contributed by atoms with Crippen LogP contribution >= 0.6 is 0 Å². The monoisotopic (exact) mass is 128 g/mol. The fraction of sp³-hybridized carbons (Fsp3) is 0.571. The van der Waals surface area contributed by atoms with Crippen molar-refractivity contribution in [2.45, 2.75) is 27.7 Å². The van der Waals surface area contributed by atoms with E-state index < -0.39 is 0 Å². The van der Waals surface area contributed by atoms with E-state index in [1.165, 1.54) is 0 Å². The van der Waals surface area contributed by atoms with Crippen LogP contribution in [0.5, 0.6) is 0 Å². The molecule has 0 amide bonds. The fourth-order valence-electron chi connectivity index (χ4n) is 0.192. The van der Waals surface area contributed by atoms with Gasteiger partial charge in [0.05, 0.1) is 0 Å². The van der Waals surface area contributed by atoms with Gasteiger partial charge in [-0.2, -0.15) is 5.10 Å². The molecule has 0 bridgehead atoms. The third kappa shape index (κ3) is 11.0. The van der Waals surface area contributed by atoms with E-state index in [0.29, 0.717) is 0 Å². The molecule has 2 nitrogen and oxygen atoms in total. The molecular formula is C7H16N2. The molecule has 0 aromatic carbocycles. The third-order valence-electron chi connectivity index (χ3n) is 0.734. The van der Waals surface area contributed by atoms with E-state index >= 15 is 0 Å². The minimum Gasteiger partial charge on any atom is -0.323 e. The van der Waals surface area contributed by atoms with Gasteiger partial charge in [-0.3, -0.25) is 0 Å². The van der Waals surface area contributed by atoms with Crippen LogP contribution in [-0.2, 0) is 0 Å². The van der Waals surface area contributed by atoms with Crippen molar-refractivity contribution < 1.29 is 0 Å². The molecule has 0 aliphatic carbocycles. The Labute approximate surface area is 57.5 Å². The molecule has 0 saturated heterocycles. The number of hydrazone groups is 1. The van der Waals surface area contributed by atoms with Crippen molar-refractivity contribution in [3.05, 3.63) is 11.6 Å². The topological polar surface area (TPSA) is 38.4 Å². The van der Waals surface area contributed by atoms with Gasteiger partial charge in [0, 0.05) is 6.21 Å². The Hall–Kier alpha value is -0.790. The zero-order valence-corrected chi connectivity index (χ0v) is 6.68. The van der Waals surface area contributed by atoms with Crippen LogP contribution in [0.15, 0.2) is 16.8 Å². The zero-order valence-electron chi connectivity index (χ0n) is 6.68. The first-order valence-corrected chi connectivity index (χ1v) is 3.17. The second-order valence-corrected chi connectivity index (χ2v) is 1.31. The lowest BCUT2D eigenvalue weighted by molar-refractivity contribution is 1.26. The Morgan fingerprint density at radius 3 is 2.00 bits per heavy atom. The maximum Gasteiger partial charge on any atom is 0.0491 e. The van der Waals surface area contributed by atoms with Gasteiger partial charge in [-0.05, 0) is 19.4 Å². The van der Waals surface area contributed by atoms with E-state index in [4.69, 9.17) is 5.84 Å². The summed E-state index contributed by atoms with van der Waals surface area (Å²) < 4.78 is 0. The van der Waals surface area contributed by atoms with Gasteiger partial charge in [-0.15, -0.1) is 0 Å². The quantitative estimate of drug-likeness (QED) is 0.327. The Morgan fingerprint density at radius 1 is 1.44 bits per heavy atom. The summed E-state index contributed by atoms with van der Waals surface area (Å²) in [5.41, 5.74) is 1.09. The molecule has 54 valence electrons. The standard InChI is InChI=1S/C5H10N2.C2H6/c1-3-5(2)4-7-6;1-2/h3-4H,6H2,1-2H3;1-2H3/b5-3-,7-4-;. The first-order valence-electron chi connectivity index (χ1n) is 3.17. The van der Waals surface area contributed by atoms with Crippen LogP contribution in [0, 0.1) is 0 Å². The van der Waals surface area contributed by atoms with Gasteiger partial charge in [0.2, 0.25) is 0 Å². The molecule has 0 unspecified atom stereocenters. The van der Waals surface area contributed by atoms with Gasteiger partial charge in [0.25, 0.3) is 0 Å². The van der Waals surface area contributed by atoms with Gasteiger partial charge in [0.1, 0.15) is 0 Å². The molecule has 0 heterocycles. The number of rotatable bonds is 1. The average molecular weight is 128 g/mol. The molecular weight excluding hydrogens is 112 g/mol. The highest BCUT2D eigenvalue weighted by atomic mass is 15.1. The summed E-state index contributed by atoms with van der Waals surface area (Å²) in [5, 5.41) is 3.31. The van der Waals surface area contributed by atoms with Crippen LogP contribution < -0.4 is 5.84 Å². The fourth-order valence-corrected chi connectivity index (χ4v) is 0.192. The first-order chi connectivity index (χ1) is 4.31. The molecule has 0 atom stereocenters. The normalized spacial score (nSPS) is 10.9. The number of nitrogens with two attached hydrogens (primary N) is 1. The number of hydrogen-bond acceptors (Lipinski definition) is 2. The second-order valence-electron chi connectivity index (χ2n) is 1.31. The molecule has 0 fully saturated rings.